The highest BCUT2D eigenvalue weighted by Crippen LogP contribution is 2.38. The number of benzene rings is 2. The second-order valence-electron chi connectivity index (χ2n) is 6.50. The smallest absolute Gasteiger partial charge is 0.271 e. The first-order valence-electron chi connectivity index (χ1n) is 9.79. The minimum atomic E-state index is -0.158. The summed E-state index contributed by atoms with van der Waals surface area (Å²) >= 11 is 1.31. The van der Waals surface area contributed by atoms with Gasteiger partial charge in [-0.05, 0) is 67.2 Å². The molecule has 1 aromatic heterocycles. The van der Waals surface area contributed by atoms with E-state index >= 15 is 0 Å². The van der Waals surface area contributed by atoms with E-state index in [0.29, 0.717) is 33.9 Å². The van der Waals surface area contributed by atoms with E-state index in [2.05, 4.69) is 9.98 Å². The van der Waals surface area contributed by atoms with Crippen molar-refractivity contribution in [3.05, 3.63) is 83.4 Å². The molecule has 0 atom stereocenters. The van der Waals surface area contributed by atoms with Crippen LogP contribution in [0.1, 0.15) is 12.5 Å². The molecular formula is C24H21N3O3S. The lowest BCUT2D eigenvalue weighted by Crippen LogP contribution is -2.28. The van der Waals surface area contributed by atoms with Crippen LogP contribution in [0.15, 0.2) is 82.8 Å². The van der Waals surface area contributed by atoms with E-state index < -0.39 is 0 Å². The SMILES string of the molecule is CCOc1ccc(N2C(=O)/C(=C/c3ccccc3OC)S/C2=N\c2ccccn2)cc1. The lowest BCUT2D eigenvalue weighted by molar-refractivity contribution is -0.113. The molecule has 1 fully saturated rings. The Balaban J connectivity index is 1.75. The number of para-hydroxylation sites is 1. The summed E-state index contributed by atoms with van der Waals surface area (Å²) in [5, 5.41) is 0.536. The predicted molar refractivity (Wildman–Crippen MR) is 125 cm³/mol. The number of nitrogens with zero attached hydrogens (tertiary/aromatic N) is 3. The molecule has 7 heteroatoms. The van der Waals surface area contributed by atoms with Crippen molar-refractivity contribution >= 4 is 40.4 Å². The first-order valence-corrected chi connectivity index (χ1v) is 10.6. The number of carbonyl (C=O) groups is 1. The largest absolute Gasteiger partial charge is 0.496 e. The predicted octanol–water partition coefficient (Wildman–Crippen LogP) is 5.30. The number of pyridine rings is 1. The Hall–Kier alpha value is -3.58. The average Bonchev–Trinajstić information content (AvgIpc) is 3.10. The van der Waals surface area contributed by atoms with E-state index in [-0.39, 0.29) is 5.91 Å². The first kappa shape index (κ1) is 20.7. The number of hydrogen-bond acceptors (Lipinski definition) is 6. The number of hydrogen-bond donors (Lipinski definition) is 0. The molecule has 1 aliphatic rings. The Morgan fingerprint density at radius 3 is 2.55 bits per heavy atom. The van der Waals surface area contributed by atoms with Crippen molar-refractivity contribution in [3.8, 4) is 11.5 Å². The van der Waals surface area contributed by atoms with E-state index in [1.54, 1.807) is 24.3 Å². The molecule has 0 saturated carbocycles. The van der Waals surface area contributed by atoms with Gasteiger partial charge in [0.05, 0.1) is 24.3 Å². The van der Waals surface area contributed by atoms with Gasteiger partial charge in [0, 0.05) is 11.8 Å². The standard InChI is InChI=1S/C24H21N3O3S/c1-3-30-19-13-11-18(12-14-19)27-23(28)21(16-17-8-4-5-9-20(17)29-2)31-24(27)26-22-10-6-7-15-25-22/h4-16H,3H2,1-2H3/b21-16-,26-24-. The van der Waals surface area contributed by atoms with Gasteiger partial charge in [-0.2, -0.15) is 0 Å². The Labute approximate surface area is 185 Å². The Kier molecular flexibility index (Phi) is 6.33. The number of thioether (sulfide) groups is 1. The summed E-state index contributed by atoms with van der Waals surface area (Å²) < 4.78 is 11.0. The third-order valence-corrected chi connectivity index (χ3v) is 5.47. The number of carbonyl (C=O) groups excluding carboxylic acids is 1. The summed E-state index contributed by atoms with van der Waals surface area (Å²) in [6.07, 6.45) is 3.50. The van der Waals surface area contributed by atoms with Crippen molar-refractivity contribution in [2.45, 2.75) is 6.92 Å². The second-order valence-corrected chi connectivity index (χ2v) is 7.51. The molecule has 1 aliphatic heterocycles. The van der Waals surface area contributed by atoms with Crippen LogP contribution < -0.4 is 14.4 Å². The van der Waals surface area contributed by atoms with Gasteiger partial charge in [0.15, 0.2) is 11.0 Å². The van der Waals surface area contributed by atoms with Crippen molar-refractivity contribution in [2.24, 2.45) is 4.99 Å². The molecule has 0 bridgehead atoms. The third kappa shape index (κ3) is 4.62. The number of amides is 1. The monoisotopic (exact) mass is 431 g/mol. The van der Waals surface area contributed by atoms with Crippen LogP contribution in [0.25, 0.3) is 6.08 Å². The zero-order valence-corrected chi connectivity index (χ0v) is 18.0. The number of ether oxygens (including phenoxy) is 2. The van der Waals surface area contributed by atoms with Gasteiger partial charge in [-0.1, -0.05) is 24.3 Å². The molecule has 31 heavy (non-hydrogen) atoms. The number of methoxy groups -OCH3 is 1. The second kappa shape index (κ2) is 9.49. The number of amidine groups is 1. The first-order chi connectivity index (χ1) is 15.2. The van der Waals surface area contributed by atoms with Gasteiger partial charge < -0.3 is 9.47 Å². The molecular weight excluding hydrogens is 410 g/mol. The highest BCUT2D eigenvalue weighted by molar-refractivity contribution is 8.19. The number of aromatic nitrogens is 1. The lowest BCUT2D eigenvalue weighted by atomic mass is 10.2. The molecule has 0 N–H and O–H groups in total. The number of rotatable bonds is 6. The van der Waals surface area contributed by atoms with E-state index in [1.807, 2.05) is 73.7 Å². The molecule has 2 heterocycles. The highest BCUT2D eigenvalue weighted by Gasteiger charge is 2.35. The molecule has 156 valence electrons. The van der Waals surface area contributed by atoms with Gasteiger partial charge >= 0.3 is 0 Å². The van der Waals surface area contributed by atoms with Crippen LogP contribution in [0.3, 0.4) is 0 Å². The molecule has 3 aromatic rings. The van der Waals surface area contributed by atoms with Gasteiger partial charge in [-0.3, -0.25) is 9.69 Å². The summed E-state index contributed by atoms with van der Waals surface area (Å²) in [7, 11) is 1.61. The van der Waals surface area contributed by atoms with Crippen molar-refractivity contribution in [1.29, 1.82) is 0 Å². The van der Waals surface area contributed by atoms with Crippen LogP contribution in [0, 0.1) is 0 Å². The number of aliphatic imine (C=N–C) groups is 1. The maximum Gasteiger partial charge on any atom is 0.271 e. The molecule has 1 amide bonds. The Morgan fingerprint density at radius 1 is 1.06 bits per heavy atom. The van der Waals surface area contributed by atoms with Crippen LogP contribution in [-0.4, -0.2) is 29.8 Å². The maximum atomic E-state index is 13.4. The van der Waals surface area contributed by atoms with Gasteiger partial charge in [-0.25, -0.2) is 9.98 Å². The summed E-state index contributed by atoms with van der Waals surface area (Å²) in [5.41, 5.74) is 1.53. The fourth-order valence-corrected chi connectivity index (χ4v) is 4.06. The van der Waals surface area contributed by atoms with Crippen LogP contribution in [0.4, 0.5) is 11.5 Å². The van der Waals surface area contributed by atoms with Crippen molar-refractivity contribution < 1.29 is 14.3 Å². The van der Waals surface area contributed by atoms with Crippen LogP contribution in [0.5, 0.6) is 11.5 Å². The van der Waals surface area contributed by atoms with E-state index in [9.17, 15) is 4.79 Å². The van der Waals surface area contributed by atoms with Crippen molar-refractivity contribution in [3.63, 3.8) is 0 Å². The Morgan fingerprint density at radius 2 is 1.84 bits per heavy atom. The van der Waals surface area contributed by atoms with Crippen LogP contribution in [0.2, 0.25) is 0 Å². The van der Waals surface area contributed by atoms with Gasteiger partial charge in [-0.15, -0.1) is 0 Å². The third-order valence-electron chi connectivity index (χ3n) is 4.50. The molecule has 0 spiro atoms. The van der Waals surface area contributed by atoms with E-state index in [4.69, 9.17) is 9.47 Å². The fraction of sp³-hybridized carbons (Fsp3) is 0.125. The highest BCUT2D eigenvalue weighted by atomic mass is 32.2. The number of anilines is 1. The summed E-state index contributed by atoms with van der Waals surface area (Å²) in [6, 6.07) is 20.5. The van der Waals surface area contributed by atoms with Crippen molar-refractivity contribution in [2.75, 3.05) is 18.6 Å². The molecule has 0 unspecified atom stereocenters. The average molecular weight is 432 g/mol. The molecule has 0 radical (unpaired) electrons. The minimum absolute atomic E-state index is 0.158. The van der Waals surface area contributed by atoms with Crippen molar-refractivity contribution in [1.82, 2.24) is 4.98 Å². The van der Waals surface area contributed by atoms with E-state index in [1.165, 1.54) is 11.8 Å². The molecule has 1 saturated heterocycles. The van der Waals surface area contributed by atoms with Gasteiger partial charge in [0.25, 0.3) is 5.91 Å². The summed E-state index contributed by atoms with van der Waals surface area (Å²) in [4.78, 5) is 24.4. The molecule has 0 aliphatic carbocycles. The Bertz CT molecular complexity index is 1130. The van der Waals surface area contributed by atoms with Crippen LogP contribution >= 0.6 is 11.8 Å². The molecule has 2 aromatic carbocycles. The zero-order valence-electron chi connectivity index (χ0n) is 17.2. The normalized spacial score (nSPS) is 16.2. The molecule has 6 nitrogen and oxygen atoms in total. The minimum Gasteiger partial charge on any atom is -0.496 e. The maximum absolute atomic E-state index is 13.4. The summed E-state index contributed by atoms with van der Waals surface area (Å²) in [5.74, 6) is 1.83. The fourth-order valence-electron chi connectivity index (χ4n) is 3.08. The quantitative estimate of drug-likeness (QED) is 0.496. The zero-order chi connectivity index (χ0) is 21.6. The van der Waals surface area contributed by atoms with E-state index in [0.717, 1.165) is 11.3 Å². The summed E-state index contributed by atoms with van der Waals surface area (Å²) in [6.45, 7) is 2.51. The van der Waals surface area contributed by atoms with Crippen LogP contribution in [-0.2, 0) is 4.79 Å². The lowest BCUT2D eigenvalue weighted by Gasteiger charge is -2.16. The molecule has 4 rings (SSSR count). The van der Waals surface area contributed by atoms with Gasteiger partial charge in [0.1, 0.15) is 11.5 Å². The topological polar surface area (TPSA) is 64.0 Å². The van der Waals surface area contributed by atoms with Gasteiger partial charge in [0.2, 0.25) is 0 Å².